The maximum Gasteiger partial charge on any atom is 0.264 e. The third-order valence-corrected chi connectivity index (χ3v) is 4.35. The fourth-order valence-corrected chi connectivity index (χ4v) is 3.17. The Bertz CT molecular complexity index is 521. The molecule has 2 aliphatic heterocycles. The van der Waals surface area contributed by atoms with Crippen LogP contribution in [0.2, 0.25) is 5.02 Å². The molecule has 1 N–H and O–H groups in total. The van der Waals surface area contributed by atoms with Crippen LogP contribution in [0.5, 0.6) is 5.75 Å². The molecule has 5 heteroatoms. The van der Waals surface area contributed by atoms with Gasteiger partial charge < -0.3 is 15.0 Å². The van der Waals surface area contributed by atoms with Gasteiger partial charge in [-0.15, -0.1) is 0 Å². The van der Waals surface area contributed by atoms with Crippen LogP contribution in [0, 0.1) is 0 Å². The lowest BCUT2D eigenvalue weighted by molar-refractivity contribution is -0.139. The van der Waals surface area contributed by atoms with E-state index < -0.39 is 0 Å². The number of likely N-dealkylation sites (N-methyl/N-ethyl adjacent to an activating group) is 1. The number of likely N-dealkylation sites (tertiary alicyclic amines) is 1. The van der Waals surface area contributed by atoms with E-state index in [0.717, 1.165) is 37.2 Å². The van der Waals surface area contributed by atoms with Crippen molar-refractivity contribution >= 4 is 17.5 Å². The highest BCUT2D eigenvalue weighted by Crippen LogP contribution is 2.32. The van der Waals surface area contributed by atoms with Gasteiger partial charge in [-0.3, -0.25) is 4.79 Å². The summed E-state index contributed by atoms with van der Waals surface area (Å²) in [5.41, 5.74) is 1.03. The van der Waals surface area contributed by atoms with E-state index in [-0.39, 0.29) is 12.0 Å². The maximum atomic E-state index is 12.6. The molecule has 20 heavy (non-hydrogen) atoms. The first-order valence-electron chi connectivity index (χ1n) is 7.08. The second-order valence-electron chi connectivity index (χ2n) is 5.47. The Labute approximate surface area is 124 Å². The Morgan fingerprint density at radius 1 is 1.50 bits per heavy atom. The van der Waals surface area contributed by atoms with Crippen LogP contribution in [-0.4, -0.2) is 43.1 Å². The van der Waals surface area contributed by atoms with Crippen molar-refractivity contribution in [3.8, 4) is 5.75 Å². The van der Waals surface area contributed by atoms with Crippen molar-refractivity contribution in [1.29, 1.82) is 0 Å². The Morgan fingerprint density at radius 3 is 3.15 bits per heavy atom. The van der Waals surface area contributed by atoms with Crippen LogP contribution in [0.1, 0.15) is 18.4 Å². The normalized spacial score (nSPS) is 25.2. The van der Waals surface area contributed by atoms with Crippen molar-refractivity contribution in [2.75, 3.05) is 20.1 Å². The highest BCUT2D eigenvalue weighted by atomic mass is 35.5. The van der Waals surface area contributed by atoms with Crippen LogP contribution in [0.3, 0.4) is 0 Å². The van der Waals surface area contributed by atoms with Gasteiger partial charge in [0.05, 0.1) is 0 Å². The number of rotatable bonds is 2. The molecule has 0 aliphatic carbocycles. The summed E-state index contributed by atoms with van der Waals surface area (Å²) in [6, 6.07) is 5.92. The first-order chi connectivity index (χ1) is 9.67. The second kappa shape index (κ2) is 5.62. The number of amides is 1. The first-order valence-corrected chi connectivity index (χ1v) is 7.46. The Morgan fingerprint density at radius 2 is 2.35 bits per heavy atom. The molecule has 0 saturated carbocycles. The van der Waals surface area contributed by atoms with E-state index in [1.54, 1.807) is 6.07 Å². The molecule has 2 atom stereocenters. The number of piperidine rings is 1. The average molecular weight is 295 g/mol. The van der Waals surface area contributed by atoms with Gasteiger partial charge in [-0.05, 0) is 43.7 Å². The molecule has 0 spiro atoms. The van der Waals surface area contributed by atoms with Crippen LogP contribution in [0.25, 0.3) is 0 Å². The minimum absolute atomic E-state index is 0.0947. The predicted octanol–water partition coefficient (Wildman–Crippen LogP) is 1.85. The molecule has 108 valence electrons. The van der Waals surface area contributed by atoms with Crippen LogP contribution >= 0.6 is 11.6 Å². The zero-order valence-electron chi connectivity index (χ0n) is 11.6. The number of hydrogen-bond donors (Lipinski definition) is 1. The maximum absolute atomic E-state index is 12.6. The molecule has 1 amide bonds. The van der Waals surface area contributed by atoms with Gasteiger partial charge in [0.25, 0.3) is 5.91 Å². The summed E-state index contributed by atoms with van der Waals surface area (Å²) >= 11 is 5.98. The van der Waals surface area contributed by atoms with Gasteiger partial charge in [0.15, 0.2) is 6.10 Å². The van der Waals surface area contributed by atoms with Crippen molar-refractivity contribution < 1.29 is 9.53 Å². The molecule has 4 nitrogen and oxygen atoms in total. The largest absolute Gasteiger partial charge is 0.480 e. The number of fused-ring (bicyclic) bond motifs is 1. The van der Waals surface area contributed by atoms with Crippen molar-refractivity contribution in [2.45, 2.75) is 31.4 Å². The molecule has 2 unspecified atom stereocenters. The Kier molecular flexibility index (Phi) is 3.85. The van der Waals surface area contributed by atoms with E-state index in [2.05, 4.69) is 5.32 Å². The SMILES string of the molecule is CNC1CCCN(C(=O)C2Cc3cc(Cl)ccc3O2)C1. The molecule has 2 aliphatic rings. The smallest absolute Gasteiger partial charge is 0.264 e. The minimum atomic E-state index is -0.390. The van der Waals surface area contributed by atoms with E-state index in [1.807, 2.05) is 24.1 Å². The van der Waals surface area contributed by atoms with Crippen molar-refractivity contribution in [1.82, 2.24) is 10.2 Å². The summed E-state index contributed by atoms with van der Waals surface area (Å²) in [6.07, 6.45) is 2.40. The number of halogens is 1. The molecule has 3 rings (SSSR count). The van der Waals surface area contributed by atoms with Gasteiger partial charge in [-0.2, -0.15) is 0 Å². The number of benzene rings is 1. The fraction of sp³-hybridized carbons (Fsp3) is 0.533. The highest BCUT2D eigenvalue weighted by molar-refractivity contribution is 6.30. The third kappa shape index (κ3) is 2.63. The van der Waals surface area contributed by atoms with Crippen LogP contribution in [-0.2, 0) is 11.2 Å². The first kappa shape index (κ1) is 13.7. The van der Waals surface area contributed by atoms with Crippen LogP contribution in [0.4, 0.5) is 0 Å². The lowest BCUT2D eigenvalue weighted by atomic mass is 10.0. The summed E-state index contributed by atoms with van der Waals surface area (Å²) < 4.78 is 5.78. The zero-order chi connectivity index (χ0) is 14.1. The molecular formula is C15H19ClN2O2. The lowest BCUT2D eigenvalue weighted by Gasteiger charge is -2.33. The van der Waals surface area contributed by atoms with E-state index in [0.29, 0.717) is 17.5 Å². The monoisotopic (exact) mass is 294 g/mol. The van der Waals surface area contributed by atoms with Gasteiger partial charge >= 0.3 is 0 Å². The minimum Gasteiger partial charge on any atom is -0.480 e. The van der Waals surface area contributed by atoms with Crippen molar-refractivity contribution in [3.63, 3.8) is 0 Å². The second-order valence-corrected chi connectivity index (χ2v) is 5.91. The average Bonchev–Trinajstić information content (AvgIpc) is 2.89. The summed E-state index contributed by atoms with van der Waals surface area (Å²) in [4.78, 5) is 14.5. The third-order valence-electron chi connectivity index (χ3n) is 4.11. The number of nitrogens with one attached hydrogen (secondary N) is 1. The van der Waals surface area contributed by atoms with Crippen LogP contribution < -0.4 is 10.1 Å². The number of carbonyl (C=O) groups is 1. The number of ether oxygens (including phenoxy) is 1. The van der Waals surface area contributed by atoms with E-state index >= 15 is 0 Å². The van der Waals surface area contributed by atoms with Crippen molar-refractivity contribution in [2.24, 2.45) is 0 Å². The van der Waals surface area contributed by atoms with Gasteiger partial charge in [0, 0.05) is 30.6 Å². The molecule has 1 fully saturated rings. The zero-order valence-corrected chi connectivity index (χ0v) is 12.3. The number of carbonyl (C=O) groups excluding carboxylic acids is 1. The Hall–Kier alpha value is -1.26. The summed E-state index contributed by atoms with van der Waals surface area (Å²) in [5.74, 6) is 0.882. The van der Waals surface area contributed by atoms with Gasteiger partial charge in [0.1, 0.15) is 5.75 Å². The fourth-order valence-electron chi connectivity index (χ4n) is 2.97. The molecule has 0 bridgehead atoms. The molecule has 1 aromatic carbocycles. The predicted molar refractivity (Wildman–Crippen MR) is 78.2 cm³/mol. The summed E-state index contributed by atoms with van der Waals surface area (Å²) in [5, 5.41) is 3.94. The van der Waals surface area contributed by atoms with Gasteiger partial charge in [-0.25, -0.2) is 0 Å². The summed E-state index contributed by atoms with van der Waals surface area (Å²) in [6.45, 7) is 1.60. The summed E-state index contributed by atoms with van der Waals surface area (Å²) in [7, 11) is 1.95. The topological polar surface area (TPSA) is 41.6 Å². The van der Waals surface area contributed by atoms with Gasteiger partial charge in [0.2, 0.25) is 0 Å². The molecule has 1 saturated heterocycles. The molecule has 1 aromatic rings. The molecule has 0 radical (unpaired) electrons. The van der Waals surface area contributed by atoms with Crippen molar-refractivity contribution in [3.05, 3.63) is 28.8 Å². The van der Waals surface area contributed by atoms with E-state index in [9.17, 15) is 4.79 Å². The van der Waals surface area contributed by atoms with E-state index in [1.165, 1.54) is 0 Å². The number of nitrogens with zero attached hydrogens (tertiary/aromatic N) is 1. The lowest BCUT2D eigenvalue weighted by Crippen LogP contribution is -2.50. The van der Waals surface area contributed by atoms with Crippen LogP contribution in [0.15, 0.2) is 18.2 Å². The molecular weight excluding hydrogens is 276 g/mol. The Balaban J connectivity index is 1.68. The van der Waals surface area contributed by atoms with E-state index in [4.69, 9.17) is 16.3 Å². The van der Waals surface area contributed by atoms with Gasteiger partial charge in [-0.1, -0.05) is 11.6 Å². The molecule has 2 heterocycles. The standard InChI is InChI=1S/C15H19ClN2O2/c1-17-12-3-2-6-18(9-12)15(19)14-8-10-7-11(16)4-5-13(10)20-14/h4-5,7,12,14,17H,2-3,6,8-9H2,1H3. The highest BCUT2D eigenvalue weighted by Gasteiger charge is 2.34. The number of hydrogen-bond acceptors (Lipinski definition) is 3. The quantitative estimate of drug-likeness (QED) is 0.905. The molecule has 0 aromatic heterocycles.